The van der Waals surface area contributed by atoms with Crippen molar-refractivity contribution in [3.05, 3.63) is 59.2 Å². The van der Waals surface area contributed by atoms with E-state index in [0.717, 1.165) is 35.8 Å². The van der Waals surface area contributed by atoms with Crippen molar-refractivity contribution in [2.45, 2.75) is 37.6 Å². The predicted octanol–water partition coefficient (Wildman–Crippen LogP) is 3.01. The van der Waals surface area contributed by atoms with Gasteiger partial charge in [0.2, 0.25) is 0 Å². The van der Waals surface area contributed by atoms with Crippen LogP contribution < -0.4 is 5.32 Å². The van der Waals surface area contributed by atoms with Gasteiger partial charge < -0.3 is 10.2 Å². The van der Waals surface area contributed by atoms with E-state index in [1.165, 1.54) is 6.07 Å². The lowest BCUT2D eigenvalue weighted by atomic mass is 10.0. The second-order valence-electron chi connectivity index (χ2n) is 7.30. The lowest BCUT2D eigenvalue weighted by Crippen LogP contribution is -2.39. The molecule has 6 nitrogen and oxygen atoms in total. The quantitative estimate of drug-likeness (QED) is 0.803. The van der Waals surface area contributed by atoms with Gasteiger partial charge in [-0.05, 0) is 49.9 Å². The first kappa shape index (κ1) is 20.1. The highest BCUT2D eigenvalue weighted by molar-refractivity contribution is 7.90. The second-order valence-corrected chi connectivity index (χ2v) is 9.28. The molecule has 1 atom stereocenters. The first-order valence-electron chi connectivity index (χ1n) is 9.16. The number of carbonyl (C=O) groups excluding carboxylic acids is 2. The predicted molar refractivity (Wildman–Crippen MR) is 108 cm³/mol. The van der Waals surface area contributed by atoms with Gasteiger partial charge in [-0.25, -0.2) is 8.42 Å². The third kappa shape index (κ3) is 4.25. The zero-order valence-electron chi connectivity index (χ0n) is 16.2. The molecule has 0 bridgehead atoms. The zero-order chi connectivity index (χ0) is 20.5. The van der Waals surface area contributed by atoms with Crippen LogP contribution in [0.15, 0.2) is 47.4 Å². The summed E-state index contributed by atoms with van der Waals surface area (Å²) >= 11 is 0. The first-order chi connectivity index (χ1) is 13.2. The molecule has 0 radical (unpaired) electrons. The molecular weight excluding hydrogens is 376 g/mol. The Morgan fingerprint density at radius 3 is 2.46 bits per heavy atom. The molecule has 0 saturated carbocycles. The van der Waals surface area contributed by atoms with Crippen molar-refractivity contribution in [1.82, 2.24) is 4.90 Å². The van der Waals surface area contributed by atoms with Gasteiger partial charge in [0.15, 0.2) is 9.84 Å². The van der Waals surface area contributed by atoms with Crippen LogP contribution in [0.1, 0.15) is 35.6 Å². The molecule has 1 aliphatic rings. The average molecular weight is 401 g/mol. The Morgan fingerprint density at radius 2 is 1.79 bits per heavy atom. The Bertz CT molecular complexity index is 1030. The smallest absolute Gasteiger partial charge is 0.313 e. The molecule has 1 unspecified atom stereocenters. The summed E-state index contributed by atoms with van der Waals surface area (Å²) in [6, 6.07) is 12.4. The minimum absolute atomic E-state index is 0.00379. The fourth-order valence-electron chi connectivity index (χ4n) is 3.60. The fourth-order valence-corrected chi connectivity index (χ4v) is 4.43. The van der Waals surface area contributed by atoms with Crippen LogP contribution in [0.3, 0.4) is 0 Å². The summed E-state index contributed by atoms with van der Waals surface area (Å²) in [5.74, 6) is -1.47. The van der Waals surface area contributed by atoms with Crippen LogP contribution in [0, 0.1) is 13.8 Å². The summed E-state index contributed by atoms with van der Waals surface area (Å²) in [6.07, 6.45) is 2.68. The maximum absolute atomic E-state index is 12.8. The number of likely N-dealkylation sites (tertiary alicyclic amines) is 1. The van der Waals surface area contributed by atoms with Crippen LogP contribution in [0.4, 0.5) is 5.69 Å². The Labute approximate surface area is 165 Å². The van der Waals surface area contributed by atoms with E-state index in [1.54, 1.807) is 24.0 Å². The summed E-state index contributed by atoms with van der Waals surface area (Å²) in [4.78, 5) is 27.0. The van der Waals surface area contributed by atoms with Gasteiger partial charge in [0.1, 0.15) is 0 Å². The van der Waals surface area contributed by atoms with Crippen molar-refractivity contribution in [2.24, 2.45) is 0 Å². The molecular formula is C21H24N2O4S. The lowest BCUT2D eigenvalue weighted by molar-refractivity contribution is -0.143. The van der Waals surface area contributed by atoms with Gasteiger partial charge in [0.25, 0.3) is 0 Å². The summed E-state index contributed by atoms with van der Waals surface area (Å²) in [5.41, 5.74) is 3.02. The maximum atomic E-state index is 12.8. The number of hydrogen-bond acceptors (Lipinski definition) is 4. The Kier molecular flexibility index (Phi) is 5.56. The van der Waals surface area contributed by atoms with E-state index >= 15 is 0 Å². The van der Waals surface area contributed by atoms with Crippen molar-refractivity contribution in [1.29, 1.82) is 0 Å². The molecule has 28 heavy (non-hydrogen) atoms. The number of aryl methyl sites for hydroxylation is 2. The largest absolute Gasteiger partial charge is 0.327 e. The first-order valence-corrected chi connectivity index (χ1v) is 11.0. The number of benzene rings is 2. The minimum atomic E-state index is -3.54. The number of hydrogen-bond donors (Lipinski definition) is 1. The molecule has 0 spiro atoms. The van der Waals surface area contributed by atoms with Gasteiger partial charge >= 0.3 is 11.8 Å². The highest BCUT2D eigenvalue weighted by atomic mass is 32.2. The zero-order valence-corrected chi connectivity index (χ0v) is 17.0. The summed E-state index contributed by atoms with van der Waals surface area (Å²) < 4.78 is 24.0. The molecule has 0 aliphatic carbocycles. The molecule has 1 heterocycles. The number of rotatable bonds is 3. The van der Waals surface area contributed by atoms with E-state index in [0.29, 0.717) is 6.54 Å². The van der Waals surface area contributed by atoms with E-state index in [2.05, 4.69) is 5.32 Å². The van der Waals surface area contributed by atoms with Gasteiger partial charge in [-0.3, -0.25) is 9.59 Å². The lowest BCUT2D eigenvalue weighted by Gasteiger charge is -2.25. The van der Waals surface area contributed by atoms with Crippen LogP contribution in [0.5, 0.6) is 0 Å². The van der Waals surface area contributed by atoms with Crippen LogP contribution in [-0.4, -0.2) is 37.9 Å². The average Bonchev–Trinajstić information content (AvgIpc) is 3.09. The van der Waals surface area contributed by atoms with Gasteiger partial charge in [0, 0.05) is 12.8 Å². The third-order valence-electron chi connectivity index (χ3n) is 4.92. The molecule has 148 valence electrons. The van der Waals surface area contributed by atoms with Gasteiger partial charge in [-0.2, -0.15) is 0 Å². The highest BCUT2D eigenvalue weighted by Crippen LogP contribution is 2.32. The molecule has 2 aromatic carbocycles. The van der Waals surface area contributed by atoms with Gasteiger partial charge in [0.05, 0.1) is 16.6 Å². The molecule has 1 N–H and O–H groups in total. The maximum Gasteiger partial charge on any atom is 0.313 e. The van der Waals surface area contributed by atoms with Crippen molar-refractivity contribution >= 4 is 27.3 Å². The summed E-state index contributed by atoms with van der Waals surface area (Å²) in [5, 5.41) is 2.51. The van der Waals surface area contributed by atoms with Crippen LogP contribution in [0.2, 0.25) is 0 Å². The van der Waals surface area contributed by atoms with Crippen molar-refractivity contribution in [2.75, 3.05) is 18.1 Å². The summed E-state index contributed by atoms with van der Waals surface area (Å²) in [6.45, 7) is 4.27. The topological polar surface area (TPSA) is 83.6 Å². The fraction of sp³-hybridized carbons (Fsp3) is 0.333. The molecule has 1 aliphatic heterocycles. The molecule has 0 aromatic heterocycles. The molecule has 1 fully saturated rings. The number of amides is 2. The van der Waals surface area contributed by atoms with E-state index in [1.807, 2.05) is 31.2 Å². The summed E-state index contributed by atoms with van der Waals surface area (Å²) in [7, 11) is -3.54. The van der Waals surface area contributed by atoms with Crippen LogP contribution in [0.25, 0.3) is 0 Å². The normalized spacial score (nSPS) is 16.8. The third-order valence-corrected chi connectivity index (χ3v) is 6.07. The molecule has 2 amide bonds. The number of sulfone groups is 1. The van der Waals surface area contributed by atoms with Crippen molar-refractivity contribution < 1.29 is 18.0 Å². The van der Waals surface area contributed by atoms with E-state index in [4.69, 9.17) is 0 Å². The molecule has 7 heteroatoms. The number of nitrogens with zero attached hydrogens (tertiary/aromatic N) is 1. The van der Waals surface area contributed by atoms with Gasteiger partial charge in [-0.1, -0.05) is 35.9 Å². The second kappa shape index (κ2) is 7.75. The number of carbonyl (C=O) groups is 2. The molecule has 2 aromatic rings. The standard InChI is InChI=1S/C21H24N2O4S/c1-14-6-4-7-16(12-14)18-8-5-11-23(18)21(25)20(24)22-17-13-15(2)9-10-19(17)28(3,26)27/h4,6-7,9-10,12-13,18H,5,8,11H2,1-3H3,(H,22,24). The Hall–Kier alpha value is -2.67. The Morgan fingerprint density at radius 1 is 1.07 bits per heavy atom. The molecule has 3 rings (SSSR count). The monoisotopic (exact) mass is 400 g/mol. The van der Waals surface area contributed by atoms with Crippen molar-refractivity contribution in [3.63, 3.8) is 0 Å². The highest BCUT2D eigenvalue weighted by Gasteiger charge is 2.34. The molecule has 1 saturated heterocycles. The number of anilines is 1. The van der Waals surface area contributed by atoms with E-state index in [-0.39, 0.29) is 16.6 Å². The SMILES string of the molecule is Cc1cccc(C2CCCN2C(=O)C(=O)Nc2cc(C)ccc2S(C)(=O)=O)c1. The van der Waals surface area contributed by atoms with Gasteiger partial charge in [-0.15, -0.1) is 0 Å². The Balaban J connectivity index is 1.84. The van der Waals surface area contributed by atoms with Crippen molar-refractivity contribution in [3.8, 4) is 0 Å². The number of nitrogens with one attached hydrogen (secondary N) is 1. The van der Waals surface area contributed by atoms with Crippen LogP contribution in [-0.2, 0) is 19.4 Å². The minimum Gasteiger partial charge on any atom is -0.327 e. The van der Waals surface area contributed by atoms with E-state index < -0.39 is 21.7 Å². The van der Waals surface area contributed by atoms with E-state index in [9.17, 15) is 18.0 Å². The van der Waals surface area contributed by atoms with Crippen LogP contribution >= 0.6 is 0 Å².